The quantitative estimate of drug-likeness (QED) is 0.619. The summed E-state index contributed by atoms with van der Waals surface area (Å²) in [7, 11) is -3.93. The Hall–Kier alpha value is -3.72. The predicted octanol–water partition coefficient (Wildman–Crippen LogP) is 3.18. The third-order valence-corrected chi connectivity index (χ3v) is 7.92. The zero-order chi connectivity index (χ0) is 23.2. The van der Waals surface area contributed by atoms with Crippen molar-refractivity contribution in [2.45, 2.75) is 22.7 Å². The number of halogens is 1. The van der Waals surface area contributed by atoms with E-state index in [1.165, 1.54) is 29.2 Å². The molecule has 9 heteroatoms. The minimum atomic E-state index is -3.93. The smallest absolute Gasteiger partial charge is 0.316 e. The van der Waals surface area contributed by atoms with E-state index in [1.54, 1.807) is 42.5 Å². The Morgan fingerprint density at radius 3 is 2.52 bits per heavy atom. The van der Waals surface area contributed by atoms with Gasteiger partial charge in [-0.15, -0.1) is 0 Å². The molecule has 1 saturated heterocycles. The van der Waals surface area contributed by atoms with Gasteiger partial charge in [-0.2, -0.15) is 0 Å². The number of nitrogens with one attached hydrogen (secondary N) is 2. The van der Waals surface area contributed by atoms with Crippen LogP contribution in [0.15, 0.2) is 77.7 Å². The number of amides is 3. The summed E-state index contributed by atoms with van der Waals surface area (Å²) >= 11 is 0. The maximum Gasteiger partial charge on any atom is 0.316 e. The minimum Gasteiger partial charge on any atom is -0.328 e. The fourth-order valence-corrected chi connectivity index (χ4v) is 6.04. The molecule has 3 aromatic carbocycles. The van der Waals surface area contributed by atoms with Crippen LogP contribution in [0.25, 0.3) is 0 Å². The Bertz CT molecular complexity index is 1360. The van der Waals surface area contributed by atoms with Crippen LogP contribution in [0, 0.1) is 5.82 Å². The molecule has 5 rings (SSSR count). The molecule has 3 aromatic rings. The Kier molecular flexibility index (Phi) is 5.13. The summed E-state index contributed by atoms with van der Waals surface area (Å²) in [6.07, 6.45) is 0.469. The first-order chi connectivity index (χ1) is 15.8. The maximum atomic E-state index is 13.6. The molecule has 0 radical (unpaired) electrons. The van der Waals surface area contributed by atoms with Crippen molar-refractivity contribution in [1.82, 2.24) is 10.6 Å². The number of rotatable bonds is 4. The molecule has 2 N–H and O–H groups in total. The van der Waals surface area contributed by atoms with Gasteiger partial charge < -0.3 is 15.5 Å². The van der Waals surface area contributed by atoms with Crippen LogP contribution in [0.4, 0.5) is 14.9 Å². The lowest BCUT2D eigenvalue weighted by Gasteiger charge is -2.20. The standard InChI is InChI=1S/C24H20FN3O4S/c25-18-8-4-7-17(13-18)23(29)28-12-11-16-14-19(9-10-20(16)28)33(31,32)22-21(26-24(30)27-22)15-5-2-1-3-6-15/h1-10,13-14,21-22H,11-12H2,(H2,26,27,30). The van der Waals surface area contributed by atoms with Crippen LogP contribution in [0.2, 0.25) is 0 Å². The molecule has 0 saturated carbocycles. The summed E-state index contributed by atoms with van der Waals surface area (Å²) in [6.45, 7) is 0.364. The van der Waals surface area contributed by atoms with Crippen molar-refractivity contribution >= 4 is 27.5 Å². The zero-order valence-corrected chi connectivity index (χ0v) is 18.2. The lowest BCUT2D eigenvalue weighted by atomic mass is 10.1. The van der Waals surface area contributed by atoms with Gasteiger partial charge in [-0.1, -0.05) is 36.4 Å². The first-order valence-corrected chi connectivity index (χ1v) is 12.0. The Morgan fingerprint density at radius 2 is 1.76 bits per heavy atom. The summed E-state index contributed by atoms with van der Waals surface area (Å²) in [5.74, 6) is -0.845. The average molecular weight is 466 g/mol. The molecule has 168 valence electrons. The molecule has 0 aliphatic carbocycles. The van der Waals surface area contributed by atoms with Gasteiger partial charge >= 0.3 is 6.03 Å². The van der Waals surface area contributed by atoms with E-state index < -0.39 is 33.1 Å². The molecule has 0 aromatic heterocycles. The molecule has 2 aliphatic rings. The number of carbonyl (C=O) groups is 2. The van der Waals surface area contributed by atoms with Crippen molar-refractivity contribution < 1.29 is 22.4 Å². The van der Waals surface area contributed by atoms with Crippen molar-refractivity contribution in [3.63, 3.8) is 0 Å². The van der Waals surface area contributed by atoms with Gasteiger partial charge in [0.05, 0.1) is 10.9 Å². The molecule has 7 nitrogen and oxygen atoms in total. The van der Waals surface area contributed by atoms with Crippen LogP contribution in [-0.2, 0) is 16.3 Å². The molecule has 2 heterocycles. The van der Waals surface area contributed by atoms with E-state index in [0.717, 1.165) is 0 Å². The predicted molar refractivity (Wildman–Crippen MR) is 120 cm³/mol. The van der Waals surface area contributed by atoms with E-state index in [2.05, 4.69) is 10.6 Å². The van der Waals surface area contributed by atoms with Crippen molar-refractivity contribution in [3.05, 3.63) is 95.3 Å². The minimum absolute atomic E-state index is 0.0660. The highest BCUT2D eigenvalue weighted by Crippen LogP contribution is 2.34. The molecule has 2 atom stereocenters. The van der Waals surface area contributed by atoms with E-state index in [0.29, 0.717) is 29.8 Å². The molecule has 3 amide bonds. The monoisotopic (exact) mass is 465 g/mol. The molecule has 2 aliphatic heterocycles. The number of sulfone groups is 1. The van der Waals surface area contributed by atoms with Gasteiger partial charge in [-0.05, 0) is 53.9 Å². The van der Waals surface area contributed by atoms with Gasteiger partial charge in [-0.3, -0.25) is 4.79 Å². The topological polar surface area (TPSA) is 95.6 Å². The van der Waals surface area contributed by atoms with Gasteiger partial charge in [0.1, 0.15) is 5.82 Å². The Morgan fingerprint density at radius 1 is 0.970 bits per heavy atom. The van der Waals surface area contributed by atoms with E-state index in [-0.39, 0.29) is 16.4 Å². The second-order valence-corrected chi connectivity index (χ2v) is 10.0. The first kappa shape index (κ1) is 21.1. The highest BCUT2D eigenvalue weighted by atomic mass is 32.2. The van der Waals surface area contributed by atoms with Gasteiger partial charge in [-0.25, -0.2) is 17.6 Å². The number of hydrogen-bond acceptors (Lipinski definition) is 4. The fourth-order valence-electron chi connectivity index (χ4n) is 4.34. The van der Waals surface area contributed by atoms with Gasteiger partial charge in [0, 0.05) is 17.8 Å². The van der Waals surface area contributed by atoms with E-state index in [1.807, 2.05) is 6.07 Å². The van der Waals surface area contributed by atoms with Crippen molar-refractivity contribution in [3.8, 4) is 0 Å². The number of urea groups is 1. The SMILES string of the molecule is O=C1NC(c2ccccc2)C(S(=O)(=O)c2ccc3c(c2)CCN3C(=O)c2cccc(F)c2)N1. The first-order valence-electron chi connectivity index (χ1n) is 10.4. The summed E-state index contributed by atoms with van der Waals surface area (Å²) < 4.78 is 40.5. The molecule has 1 fully saturated rings. The lowest BCUT2D eigenvalue weighted by Crippen LogP contribution is -2.36. The summed E-state index contributed by atoms with van der Waals surface area (Å²) in [6, 6.07) is 17.7. The summed E-state index contributed by atoms with van der Waals surface area (Å²) in [5, 5.41) is 4.04. The average Bonchev–Trinajstić information content (AvgIpc) is 3.43. The second-order valence-electron chi connectivity index (χ2n) is 7.98. The van der Waals surface area contributed by atoms with Crippen LogP contribution >= 0.6 is 0 Å². The second kappa shape index (κ2) is 8.00. The summed E-state index contributed by atoms with van der Waals surface area (Å²) in [5.41, 5.74) is 2.20. The number of hydrogen-bond donors (Lipinski definition) is 2. The number of nitrogens with zero attached hydrogens (tertiary/aromatic N) is 1. The lowest BCUT2D eigenvalue weighted by molar-refractivity contribution is 0.0989. The number of carbonyl (C=O) groups excluding carboxylic acids is 2. The van der Waals surface area contributed by atoms with E-state index in [4.69, 9.17) is 0 Å². The molecule has 33 heavy (non-hydrogen) atoms. The van der Waals surface area contributed by atoms with Crippen LogP contribution in [0.1, 0.15) is 27.5 Å². The molecule has 0 spiro atoms. The van der Waals surface area contributed by atoms with Crippen molar-refractivity contribution in [2.75, 3.05) is 11.4 Å². The maximum absolute atomic E-state index is 13.6. The highest BCUT2D eigenvalue weighted by Gasteiger charge is 2.43. The van der Waals surface area contributed by atoms with Crippen LogP contribution in [0.5, 0.6) is 0 Å². The molecular formula is C24H20FN3O4S. The van der Waals surface area contributed by atoms with Crippen LogP contribution < -0.4 is 15.5 Å². The molecular weight excluding hydrogens is 445 g/mol. The van der Waals surface area contributed by atoms with Crippen LogP contribution in [-0.4, -0.2) is 32.3 Å². The van der Waals surface area contributed by atoms with Crippen molar-refractivity contribution in [2.24, 2.45) is 0 Å². The van der Waals surface area contributed by atoms with E-state index >= 15 is 0 Å². The Labute approximate surface area is 190 Å². The third-order valence-electron chi connectivity index (χ3n) is 5.95. The van der Waals surface area contributed by atoms with Gasteiger partial charge in [0.2, 0.25) is 9.84 Å². The number of fused-ring (bicyclic) bond motifs is 1. The van der Waals surface area contributed by atoms with E-state index in [9.17, 15) is 22.4 Å². The third kappa shape index (κ3) is 3.74. The van der Waals surface area contributed by atoms with Crippen molar-refractivity contribution in [1.29, 1.82) is 0 Å². The normalized spacial score (nSPS) is 19.7. The Balaban J connectivity index is 1.45. The van der Waals surface area contributed by atoms with Gasteiger partial charge in [0.25, 0.3) is 5.91 Å². The zero-order valence-electron chi connectivity index (χ0n) is 17.4. The number of anilines is 1. The number of benzene rings is 3. The fraction of sp³-hybridized carbons (Fsp3) is 0.167. The summed E-state index contributed by atoms with van der Waals surface area (Å²) in [4.78, 5) is 26.5. The van der Waals surface area contributed by atoms with Crippen LogP contribution in [0.3, 0.4) is 0 Å². The highest BCUT2D eigenvalue weighted by molar-refractivity contribution is 7.92. The molecule has 2 unspecified atom stereocenters. The van der Waals surface area contributed by atoms with Gasteiger partial charge in [0.15, 0.2) is 5.37 Å². The molecule has 0 bridgehead atoms. The largest absolute Gasteiger partial charge is 0.328 e.